The van der Waals surface area contributed by atoms with Gasteiger partial charge in [0, 0.05) is 19.3 Å². The first-order chi connectivity index (χ1) is 25.7. The summed E-state index contributed by atoms with van der Waals surface area (Å²) in [5, 5.41) is 6.36. The van der Waals surface area contributed by atoms with E-state index in [-0.39, 0.29) is 18.2 Å². The number of rotatable bonds is 42. The molecule has 0 aromatic rings. The van der Waals surface area contributed by atoms with Crippen LogP contribution >= 0.6 is 0 Å². The average molecular weight is 735 g/mol. The first-order valence-electron chi connectivity index (χ1n) is 22.8. The lowest BCUT2D eigenvalue weighted by molar-refractivity contribution is 0.0483. The first-order valence-corrected chi connectivity index (χ1v) is 22.8. The molecule has 0 fully saturated rings. The molecule has 2 N–H and O–H groups in total. The Kier molecular flexibility index (Phi) is 42.9. The summed E-state index contributed by atoms with van der Waals surface area (Å²) < 4.78 is 17.6. The zero-order valence-electron chi connectivity index (χ0n) is 35.3. The van der Waals surface area contributed by atoms with Gasteiger partial charge < -0.3 is 24.8 Å². The van der Waals surface area contributed by atoms with Crippen molar-refractivity contribution in [1.82, 2.24) is 10.6 Å². The summed E-state index contributed by atoms with van der Waals surface area (Å²) >= 11 is 0. The molecule has 1 amide bonds. The van der Waals surface area contributed by atoms with Crippen LogP contribution in [0.4, 0.5) is 4.79 Å². The molecule has 6 heteroatoms. The lowest BCUT2D eigenvalue weighted by Gasteiger charge is -2.21. The highest BCUT2D eigenvalue weighted by atomic mass is 16.6. The standard InChI is InChI=1S/C46H90N2O4/c1-5-9-11-13-15-17-19-21-23-25-27-29-31-33-35-37-39-50-41-45(48-46(49)52-43-44(7-3)47-8-4)42-51-40-38-36-34-32-30-28-26-24-22-20-18-16-14-12-10-6-2/h21-24,44-45,47H,5-20,25-43H2,1-4H3,(H,48,49)/b23-21-,24-22-. The van der Waals surface area contributed by atoms with E-state index < -0.39 is 0 Å². The second-order valence-corrected chi connectivity index (χ2v) is 15.1. The average Bonchev–Trinajstić information content (AvgIpc) is 3.15. The molecule has 308 valence electrons. The minimum absolute atomic E-state index is 0.180. The predicted octanol–water partition coefficient (Wildman–Crippen LogP) is 13.6. The van der Waals surface area contributed by atoms with Crippen LogP contribution < -0.4 is 10.6 Å². The maximum absolute atomic E-state index is 12.6. The molecule has 0 saturated carbocycles. The Labute approximate surface area is 324 Å². The molecule has 0 spiro atoms. The number of hydrogen-bond acceptors (Lipinski definition) is 5. The third kappa shape index (κ3) is 39.8. The minimum atomic E-state index is -0.386. The number of carbonyl (C=O) groups excluding carboxylic acids is 1. The van der Waals surface area contributed by atoms with Gasteiger partial charge in [-0.05, 0) is 77.2 Å². The quantitative estimate of drug-likeness (QED) is 0.0483. The summed E-state index contributed by atoms with van der Waals surface area (Å²) in [6, 6.07) is -0.0191. The number of ether oxygens (including phenoxy) is 3. The molecule has 0 aliphatic heterocycles. The number of alkyl carbamates (subject to hydrolysis) is 1. The zero-order valence-corrected chi connectivity index (χ0v) is 35.3. The second kappa shape index (κ2) is 44.0. The van der Waals surface area contributed by atoms with Gasteiger partial charge in [-0.25, -0.2) is 4.79 Å². The molecule has 0 aliphatic carbocycles. The Morgan fingerprint density at radius 3 is 1.19 bits per heavy atom. The van der Waals surface area contributed by atoms with E-state index in [0.29, 0.717) is 19.8 Å². The third-order valence-corrected chi connectivity index (χ3v) is 9.96. The third-order valence-electron chi connectivity index (χ3n) is 9.96. The van der Waals surface area contributed by atoms with Crippen molar-refractivity contribution in [3.05, 3.63) is 24.3 Å². The number of allylic oxidation sites excluding steroid dienone is 4. The van der Waals surface area contributed by atoms with Crippen LogP contribution in [-0.4, -0.2) is 57.8 Å². The van der Waals surface area contributed by atoms with E-state index in [1.807, 2.05) is 0 Å². The van der Waals surface area contributed by atoms with Crippen molar-refractivity contribution >= 4 is 6.09 Å². The fourth-order valence-corrected chi connectivity index (χ4v) is 6.48. The summed E-state index contributed by atoms with van der Waals surface area (Å²) in [5.41, 5.74) is 0. The van der Waals surface area contributed by atoms with E-state index in [1.54, 1.807) is 0 Å². The Morgan fingerprint density at radius 1 is 0.462 bits per heavy atom. The molecule has 52 heavy (non-hydrogen) atoms. The van der Waals surface area contributed by atoms with E-state index in [2.05, 4.69) is 62.6 Å². The molecule has 0 rings (SSSR count). The summed E-state index contributed by atoms with van der Waals surface area (Å²) in [5.74, 6) is 0. The molecule has 0 aromatic carbocycles. The Morgan fingerprint density at radius 2 is 0.827 bits per heavy atom. The van der Waals surface area contributed by atoms with Gasteiger partial charge in [0.15, 0.2) is 0 Å². The fraction of sp³-hybridized carbons (Fsp3) is 0.891. The maximum Gasteiger partial charge on any atom is 0.407 e. The van der Waals surface area contributed by atoms with E-state index in [4.69, 9.17) is 14.2 Å². The summed E-state index contributed by atoms with van der Waals surface area (Å²) in [6.45, 7) is 12.3. The lowest BCUT2D eigenvalue weighted by atomic mass is 10.1. The van der Waals surface area contributed by atoms with Crippen molar-refractivity contribution < 1.29 is 19.0 Å². The van der Waals surface area contributed by atoms with Crippen LogP contribution in [0.2, 0.25) is 0 Å². The Bertz CT molecular complexity index is 713. The van der Waals surface area contributed by atoms with Crippen molar-refractivity contribution in [2.24, 2.45) is 0 Å². The van der Waals surface area contributed by atoms with Gasteiger partial charge in [0.1, 0.15) is 6.61 Å². The van der Waals surface area contributed by atoms with Crippen LogP contribution in [0, 0.1) is 0 Å². The zero-order chi connectivity index (χ0) is 37.8. The van der Waals surface area contributed by atoms with Crippen molar-refractivity contribution in [2.45, 2.75) is 226 Å². The molecule has 0 aromatic heterocycles. The van der Waals surface area contributed by atoms with Gasteiger partial charge in [0.2, 0.25) is 0 Å². The van der Waals surface area contributed by atoms with E-state index >= 15 is 0 Å². The van der Waals surface area contributed by atoms with Crippen molar-refractivity contribution in [1.29, 1.82) is 0 Å². The maximum atomic E-state index is 12.6. The summed E-state index contributed by atoms with van der Waals surface area (Å²) in [7, 11) is 0. The van der Waals surface area contributed by atoms with Crippen LogP contribution in [0.1, 0.15) is 214 Å². The minimum Gasteiger partial charge on any atom is -0.448 e. The number of unbranched alkanes of at least 4 members (excludes halogenated alkanes) is 24. The van der Waals surface area contributed by atoms with E-state index in [1.165, 1.54) is 167 Å². The topological polar surface area (TPSA) is 68.8 Å². The molecular weight excluding hydrogens is 645 g/mol. The van der Waals surface area contributed by atoms with Crippen LogP contribution in [0.5, 0.6) is 0 Å². The highest BCUT2D eigenvalue weighted by Gasteiger charge is 2.16. The molecule has 6 nitrogen and oxygen atoms in total. The van der Waals surface area contributed by atoms with Crippen molar-refractivity contribution in [3.8, 4) is 0 Å². The van der Waals surface area contributed by atoms with Gasteiger partial charge in [-0.15, -0.1) is 0 Å². The molecule has 0 saturated heterocycles. The van der Waals surface area contributed by atoms with Crippen molar-refractivity contribution in [2.75, 3.05) is 39.6 Å². The molecule has 0 bridgehead atoms. The highest BCUT2D eigenvalue weighted by Crippen LogP contribution is 2.12. The molecule has 0 heterocycles. The van der Waals surface area contributed by atoms with E-state index in [9.17, 15) is 4.79 Å². The van der Waals surface area contributed by atoms with Crippen LogP contribution in [-0.2, 0) is 14.2 Å². The number of carbonyl (C=O) groups is 1. The van der Waals surface area contributed by atoms with Crippen molar-refractivity contribution in [3.63, 3.8) is 0 Å². The second-order valence-electron chi connectivity index (χ2n) is 15.1. The molecule has 0 aliphatic rings. The largest absolute Gasteiger partial charge is 0.448 e. The SMILES string of the molecule is CCCCCCCC/C=C\CCCCCCCCOCC(COCCCCCCCC/C=C\CCCCCCCC)NC(=O)OCC(CC)NCC. The molecule has 0 radical (unpaired) electrons. The lowest BCUT2D eigenvalue weighted by Crippen LogP contribution is -2.43. The van der Waals surface area contributed by atoms with Gasteiger partial charge in [0.05, 0.1) is 19.3 Å². The monoisotopic (exact) mass is 735 g/mol. The molecule has 1 atom stereocenters. The fourth-order valence-electron chi connectivity index (χ4n) is 6.48. The number of likely N-dealkylation sites (N-methyl/N-ethyl adjacent to an activating group) is 1. The number of nitrogens with one attached hydrogen (secondary N) is 2. The Balaban J connectivity index is 4.03. The number of amides is 1. The van der Waals surface area contributed by atoms with Gasteiger partial charge >= 0.3 is 6.09 Å². The van der Waals surface area contributed by atoms with Crippen LogP contribution in [0.25, 0.3) is 0 Å². The normalized spacial score (nSPS) is 12.5. The van der Waals surface area contributed by atoms with Gasteiger partial charge in [-0.1, -0.05) is 168 Å². The van der Waals surface area contributed by atoms with Gasteiger partial charge in [-0.3, -0.25) is 0 Å². The molecule has 1 unspecified atom stereocenters. The van der Waals surface area contributed by atoms with Crippen LogP contribution in [0.3, 0.4) is 0 Å². The smallest absolute Gasteiger partial charge is 0.407 e. The summed E-state index contributed by atoms with van der Waals surface area (Å²) in [4.78, 5) is 12.6. The highest BCUT2D eigenvalue weighted by molar-refractivity contribution is 5.67. The Hall–Kier alpha value is -1.37. The van der Waals surface area contributed by atoms with Gasteiger partial charge in [-0.2, -0.15) is 0 Å². The summed E-state index contributed by atoms with van der Waals surface area (Å²) in [6.07, 6.45) is 46.5. The first kappa shape index (κ1) is 50.6. The number of hydrogen-bond donors (Lipinski definition) is 2. The predicted molar refractivity (Wildman–Crippen MR) is 227 cm³/mol. The van der Waals surface area contributed by atoms with Crippen LogP contribution in [0.15, 0.2) is 24.3 Å². The molecular formula is C46H90N2O4. The van der Waals surface area contributed by atoms with Gasteiger partial charge in [0.25, 0.3) is 0 Å². The van der Waals surface area contributed by atoms with E-state index in [0.717, 1.165) is 39.0 Å².